The zero-order valence-electron chi connectivity index (χ0n) is 11.1. The zero-order valence-corrected chi connectivity index (χ0v) is 12.7. The van der Waals surface area contributed by atoms with Gasteiger partial charge in [-0.3, -0.25) is 9.69 Å². The molecular weight excluding hydrogens is 301 g/mol. The van der Waals surface area contributed by atoms with Gasteiger partial charge in [-0.05, 0) is 44.1 Å². The standard InChI is InChI=1S/C14H18ClNO3.ClH/c15-12-2-1-3-13(10-12)19-9-8-16-6-4-11(5-7-16)14(17)18;/h1-3,10-11H,4-9H2,(H,17,18);1H. The maximum atomic E-state index is 10.8. The molecule has 1 N–H and O–H groups in total. The zero-order chi connectivity index (χ0) is 13.7. The first kappa shape index (κ1) is 17.1. The molecule has 1 aromatic rings. The average molecular weight is 320 g/mol. The summed E-state index contributed by atoms with van der Waals surface area (Å²) in [4.78, 5) is 13.1. The molecule has 1 aliphatic heterocycles. The lowest BCUT2D eigenvalue weighted by Crippen LogP contribution is -2.38. The molecule has 0 atom stereocenters. The van der Waals surface area contributed by atoms with E-state index in [1.54, 1.807) is 6.07 Å². The van der Waals surface area contributed by atoms with Crippen LogP contribution in [0.4, 0.5) is 0 Å². The van der Waals surface area contributed by atoms with Crippen molar-refractivity contribution in [3.8, 4) is 5.75 Å². The van der Waals surface area contributed by atoms with Gasteiger partial charge in [-0.1, -0.05) is 17.7 Å². The van der Waals surface area contributed by atoms with Crippen LogP contribution in [-0.2, 0) is 4.79 Å². The van der Waals surface area contributed by atoms with Crippen LogP contribution in [0.5, 0.6) is 5.75 Å². The molecule has 1 heterocycles. The molecule has 0 saturated carbocycles. The van der Waals surface area contributed by atoms with Crippen molar-refractivity contribution in [1.29, 1.82) is 0 Å². The van der Waals surface area contributed by atoms with Crippen molar-refractivity contribution in [2.75, 3.05) is 26.2 Å². The number of carboxylic acids is 1. The number of carboxylic acid groups (broad SMARTS) is 1. The number of rotatable bonds is 5. The average Bonchev–Trinajstić information content (AvgIpc) is 2.39. The first-order chi connectivity index (χ1) is 9.15. The molecule has 0 aliphatic carbocycles. The number of aliphatic carboxylic acids is 1. The van der Waals surface area contributed by atoms with Gasteiger partial charge in [-0.25, -0.2) is 0 Å². The van der Waals surface area contributed by atoms with E-state index in [0.29, 0.717) is 11.6 Å². The quantitative estimate of drug-likeness (QED) is 0.906. The number of likely N-dealkylation sites (tertiary alicyclic amines) is 1. The number of benzene rings is 1. The third-order valence-electron chi connectivity index (χ3n) is 3.41. The minimum Gasteiger partial charge on any atom is -0.492 e. The molecule has 0 amide bonds. The summed E-state index contributed by atoms with van der Waals surface area (Å²) in [6.45, 7) is 3.07. The van der Waals surface area contributed by atoms with Crippen LogP contribution in [-0.4, -0.2) is 42.2 Å². The predicted molar refractivity (Wildman–Crippen MR) is 81.0 cm³/mol. The Morgan fingerprint density at radius 2 is 2.10 bits per heavy atom. The first-order valence-electron chi connectivity index (χ1n) is 6.48. The Hall–Kier alpha value is -0.970. The summed E-state index contributed by atoms with van der Waals surface area (Å²) < 4.78 is 5.62. The fourth-order valence-electron chi connectivity index (χ4n) is 2.25. The van der Waals surface area contributed by atoms with Crippen LogP contribution in [0, 0.1) is 5.92 Å². The molecule has 0 bridgehead atoms. The van der Waals surface area contributed by atoms with Crippen LogP contribution < -0.4 is 4.74 Å². The summed E-state index contributed by atoms with van der Waals surface area (Å²) in [7, 11) is 0. The highest BCUT2D eigenvalue weighted by Crippen LogP contribution is 2.18. The molecule has 1 aromatic carbocycles. The third kappa shape index (κ3) is 5.19. The van der Waals surface area contributed by atoms with Gasteiger partial charge < -0.3 is 9.84 Å². The third-order valence-corrected chi connectivity index (χ3v) is 3.64. The van der Waals surface area contributed by atoms with Crippen molar-refractivity contribution >= 4 is 30.0 Å². The lowest BCUT2D eigenvalue weighted by atomic mass is 9.97. The highest BCUT2D eigenvalue weighted by atomic mass is 35.5. The summed E-state index contributed by atoms with van der Waals surface area (Å²) in [5, 5.41) is 9.59. The van der Waals surface area contributed by atoms with Crippen LogP contribution in [0.3, 0.4) is 0 Å². The topological polar surface area (TPSA) is 49.8 Å². The molecule has 1 aliphatic rings. The molecule has 0 spiro atoms. The van der Waals surface area contributed by atoms with Crippen molar-refractivity contribution in [3.05, 3.63) is 29.3 Å². The van der Waals surface area contributed by atoms with E-state index in [4.69, 9.17) is 21.4 Å². The molecular formula is C14H19Cl2NO3. The Morgan fingerprint density at radius 1 is 1.40 bits per heavy atom. The van der Waals surface area contributed by atoms with Gasteiger partial charge in [0, 0.05) is 11.6 Å². The monoisotopic (exact) mass is 319 g/mol. The number of piperidine rings is 1. The highest BCUT2D eigenvalue weighted by molar-refractivity contribution is 6.30. The molecule has 1 saturated heterocycles. The van der Waals surface area contributed by atoms with E-state index >= 15 is 0 Å². The van der Waals surface area contributed by atoms with Gasteiger partial charge in [0.15, 0.2) is 0 Å². The number of carbonyl (C=O) groups is 1. The van der Waals surface area contributed by atoms with Crippen LogP contribution in [0.25, 0.3) is 0 Å². The summed E-state index contributed by atoms with van der Waals surface area (Å²) in [5.41, 5.74) is 0. The van der Waals surface area contributed by atoms with Crippen LogP contribution >= 0.6 is 24.0 Å². The van der Waals surface area contributed by atoms with Crippen molar-refractivity contribution in [2.45, 2.75) is 12.8 Å². The molecule has 20 heavy (non-hydrogen) atoms. The second kappa shape index (κ2) is 8.35. The Labute approximate surface area is 130 Å². The van der Waals surface area contributed by atoms with E-state index in [1.807, 2.05) is 18.2 Å². The molecule has 2 rings (SSSR count). The van der Waals surface area contributed by atoms with Crippen molar-refractivity contribution < 1.29 is 14.6 Å². The second-order valence-corrected chi connectivity index (χ2v) is 5.20. The van der Waals surface area contributed by atoms with E-state index in [-0.39, 0.29) is 18.3 Å². The smallest absolute Gasteiger partial charge is 0.306 e. The fourth-order valence-corrected chi connectivity index (χ4v) is 2.43. The highest BCUT2D eigenvalue weighted by Gasteiger charge is 2.23. The molecule has 0 unspecified atom stereocenters. The molecule has 0 aromatic heterocycles. The van der Waals surface area contributed by atoms with E-state index in [0.717, 1.165) is 38.2 Å². The van der Waals surface area contributed by atoms with Crippen molar-refractivity contribution in [2.24, 2.45) is 5.92 Å². The largest absolute Gasteiger partial charge is 0.492 e. The molecule has 1 fully saturated rings. The van der Waals surface area contributed by atoms with Gasteiger partial charge in [0.1, 0.15) is 12.4 Å². The molecule has 4 nitrogen and oxygen atoms in total. The minimum atomic E-state index is -0.671. The SMILES string of the molecule is Cl.O=C(O)C1CCN(CCOc2cccc(Cl)c2)CC1. The summed E-state index contributed by atoms with van der Waals surface area (Å²) in [6, 6.07) is 7.34. The van der Waals surface area contributed by atoms with Gasteiger partial charge in [-0.15, -0.1) is 12.4 Å². The van der Waals surface area contributed by atoms with E-state index < -0.39 is 5.97 Å². The molecule has 112 valence electrons. The molecule has 6 heteroatoms. The summed E-state index contributed by atoms with van der Waals surface area (Å²) >= 11 is 5.87. The number of halogens is 2. The van der Waals surface area contributed by atoms with E-state index in [1.165, 1.54) is 0 Å². The van der Waals surface area contributed by atoms with Crippen LogP contribution in [0.2, 0.25) is 5.02 Å². The summed E-state index contributed by atoms with van der Waals surface area (Å²) in [6.07, 6.45) is 1.46. The lowest BCUT2D eigenvalue weighted by molar-refractivity contribution is -0.143. The van der Waals surface area contributed by atoms with Crippen LogP contribution in [0.15, 0.2) is 24.3 Å². The first-order valence-corrected chi connectivity index (χ1v) is 6.86. The Kier molecular flexibility index (Phi) is 7.13. The number of ether oxygens (including phenoxy) is 1. The van der Waals surface area contributed by atoms with Gasteiger partial charge >= 0.3 is 5.97 Å². The Balaban J connectivity index is 0.00000200. The lowest BCUT2D eigenvalue weighted by Gasteiger charge is -2.29. The number of hydrogen-bond donors (Lipinski definition) is 1. The van der Waals surface area contributed by atoms with Crippen molar-refractivity contribution in [1.82, 2.24) is 4.90 Å². The summed E-state index contributed by atoms with van der Waals surface area (Å²) in [5.74, 6) is -0.0761. The van der Waals surface area contributed by atoms with Gasteiger partial charge in [-0.2, -0.15) is 0 Å². The number of nitrogens with zero attached hydrogens (tertiary/aromatic N) is 1. The second-order valence-electron chi connectivity index (χ2n) is 4.76. The maximum absolute atomic E-state index is 10.8. The fraction of sp³-hybridized carbons (Fsp3) is 0.500. The van der Waals surface area contributed by atoms with Crippen LogP contribution in [0.1, 0.15) is 12.8 Å². The van der Waals surface area contributed by atoms with E-state index in [9.17, 15) is 4.79 Å². The Morgan fingerprint density at radius 3 is 2.70 bits per heavy atom. The normalized spacial score (nSPS) is 16.4. The van der Waals surface area contributed by atoms with Gasteiger partial charge in [0.05, 0.1) is 5.92 Å². The number of hydrogen-bond acceptors (Lipinski definition) is 3. The minimum absolute atomic E-state index is 0. The maximum Gasteiger partial charge on any atom is 0.306 e. The molecule has 0 radical (unpaired) electrons. The van der Waals surface area contributed by atoms with Gasteiger partial charge in [0.25, 0.3) is 0 Å². The Bertz CT molecular complexity index is 434. The predicted octanol–water partition coefficient (Wildman–Crippen LogP) is 2.94. The van der Waals surface area contributed by atoms with Crippen molar-refractivity contribution in [3.63, 3.8) is 0 Å². The van der Waals surface area contributed by atoms with E-state index in [2.05, 4.69) is 4.90 Å². The van der Waals surface area contributed by atoms with Gasteiger partial charge in [0.2, 0.25) is 0 Å².